The molecule has 2 fully saturated rings. The Hall–Kier alpha value is -0.373. The highest BCUT2D eigenvalue weighted by atomic mass is 32.2. The second-order valence-electron chi connectivity index (χ2n) is 11.3. The molecular weight excluding hydrogens is 442 g/mol. The first-order valence-electron chi connectivity index (χ1n) is 11.5. The smallest absolute Gasteiger partial charge is 0.407 e. The molecular formula is C24H43NO3S2Si. The molecule has 1 saturated carbocycles. The van der Waals surface area contributed by atoms with Gasteiger partial charge in [0, 0.05) is 10.3 Å². The van der Waals surface area contributed by atoms with E-state index in [-0.39, 0.29) is 23.3 Å². The molecule has 1 heterocycles. The van der Waals surface area contributed by atoms with Crippen LogP contribution in [0.5, 0.6) is 0 Å². The first-order valence-corrected chi connectivity index (χ1v) is 16.4. The van der Waals surface area contributed by atoms with Gasteiger partial charge >= 0.3 is 6.09 Å². The molecule has 1 saturated heterocycles. The number of amides is 1. The molecule has 0 aromatic carbocycles. The Balaban J connectivity index is 2.16. The number of alkyl carbamates (subject to hydrolysis) is 1. The zero-order valence-electron chi connectivity index (χ0n) is 20.8. The van der Waals surface area contributed by atoms with Crippen LogP contribution in [0.4, 0.5) is 4.79 Å². The maximum atomic E-state index is 12.6. The molecule has 0 spiro atoms. The van der Waals surface area contributed by atoms with Gasteiger partial charge in [-0.3, -0.25) is 0 Å². The number of carbonyl (C=O) groups is 1. The predicted molar refractivity (Wildman–Crippen MR) is 139 cm³/mol. The summed E-state index contributed by atoms with van der Waals surface area (Å²) >= 11 is 3.97. The zero-order chi connectivity index (χ0) is 23.4. The molecule has 1 unspecified atom stereocenters. The van der Waals surface area contributed by atoms with Crippen molar-refractivity contribution >= 4 is 37.9 Å². The number of rotatable bonds is 6. The summed E-state index contributed by atoms with van der Waals surface area (Å²) in [5.74, 6) is 2.72. The van der Waals surface area contributed by atoms with Crippen molar-refractivity contribution < 1.29 is 14.0 Å². The van der Waals surface area contributed by atoms with Crippen molar-refractivity contribution in [2.75, 3.05) is 11.5 Å². The highest BCUT2D eigenvalue weighted by molar-refractivity contribution is 8.22. The normalized spacial score (nSPS) is 24.1. The third-order valence-electron chi connectivity index (χ3n) is 6.34. The largest absolute Gasteiger partial charge is 0.444 e. The SMILES string of the molecule is C=CC(C[C@H]1CC(=C2SCCCS2)C[C@@H]1NC(=O)OC(C)(C)C)O[Si](C)(C)C(C)(C)C. The lowest BCUT2D eigenvalue weighted by Crippen LogP contribution is -2.45. The summed E-state index contributed by atoms with van der Waals surface area (Å²) in [6.45, 7) is 21.2. The average molecular weight is 486 g/mol. The van der Waals surface area contributed by atoms with Gasteiger partial charge in [-0.25, -0.2) is 4.79 Å². The van der Waals surface area contributed by atoms with Crippen molar-refractivity contribution in [2.45, 2.75) is 103 Å². The highest BCUT2D eigenvalue weighted by Crippen LogP contribution is 2.46. The van der Waals surface area contributed by atoms with E-state index in [9.17, 15) is 4.79 Å². The number of ether oxygens (including phenoxy) is 1. The van der Waals surface area contributed by atoms with Crippen LogP contribution in [0, 0.1) is 5.92 Å². The van der Waals surface area contributed by atoms with Crippen molar-refractivity contribution in [2.24, 2.45) is 5.92 Å². The number of nitrogens with one attached hydrogen (secondary N) is 1. The first kappa shape index (κ1) is 26.9. The summed E-state index contributed by atoms with van der Waals surface area (Å²) in [5, 5.41) is 3.34. The molecule has 2 aliphatic rings. The maximum absolute atomic E-state index is 12.6. The standard InChI is InChI=1S/C24H43NO3S2Si/c1-10-19(28-31(8,9)24(5,6)7)15-17-14-18(21-29-12-11-13-30-21)16-20(17)25-22(26)27-23(2,3)4/h10,17,19-20H,1,11-16H2,2-9H3,(H,25,26)/t17-,19?,20+/m1/s1. The summed E-state index contributed by atoms with van der Waals surface area (Å²) in [5.41, 5.74) is 1.000. The molecule has 1 aliphatic heterocycles. The van der Waals surface area contributed by atoms with Crippen LogP contribution in [-0.4, -0.2) is 43.7 Å². The fourth-order valence-corrected chi connectivity index (χ4v) is 7.71. The van der Waals surface area contributed by atoms with Crippen molar-refractivity contribution in [1.82, 2.24) is 5.32 Å². The van der Waals surface area contributed by atoms with E-state index in [4.69, 9.17) is 9.16 Å². The van der Waals surface area contributed by atoms with Gasteiger partial charge in [0.05, 0.1) is 6.10 Å². The van der Waals surface area contributed by atoms with Gasteiger partial charge in [0.2, 0.25) is 0 Å². The van der Waals surface area contributed by atoms with E-state index in [1.807, 2.05) is 50.4 Å². The summed E-state index contributed by atoms with van der Waals surface area (Å²) in [7, 11) is -1.90. The van der Waals surface area contributed by atoms with E-state index in [2.05, 4.69) is 45.8 Å². The van der Waals surface area contributed by atoms with E-state index >= 15 is 0 Å². The fraction of sp³-hybridized carbons (Fsp3) is 0.792. The van der Waals surface area contributed by atoms with Gasteiger partial charge in [-0.05, 0) is 87.6 Å². The van der Waals surface area contributed by atoms with Gasteiger partial charge in [-0.2, -0.15) is 0 Å². The molecule has 2 rings (SSSR count). The van der Waals surface area contributed by atoms with Crippen LogP contribution in [0.1, 0.15) is 67.2 Å². The minimum atomic E-state index is -1.90. The van der Waals surface area contributed by atoms with Crippen LogP contribution in [-0.2, 0) is 9.16 Å². The van der Waals surface area contributed by atoms with E-state index in [1.165, 1.54) is 27.7 Å². The number of hydrogen-bond acceptors (Lipinski definition) is 5. The lowest BCUT2D eigenvalue weighted by Gasteiger charge is -2.39. The summed E-state index contributed by atoms with van der Waals surface area (Å²) in [6, 6.07) is 0.0749. The molecule has 0 aromatic heterocycles. The molecule has 31 heavy (non-hydrogen) atoms. The van der Waals surface area contributed by atoms with Crippen LogP contribution in [0.2, 0.25) is 18.1 Å². The number of carbonyl (C=O) groups excluding carboxylic acids is 1. The Bertz CT molecular complexity index is 671. The summed E-state index contributed by atoms with van der Waals surface area (Å²) in [4.78, 5) is 12.6. The Labute approximate surface area is 199 Å². The first-order chi connectivity index (χ1) is 14.2. The van der Waals surface area contributed by atoms with Crippen LogP contribution >= 0.6 is 23.5 Å². The number of thioether (sulfide) groups is 2. The second-order valence-corrected chi connectivity index (χ2v) is 18.5. The molecule has 7 heteroatoms. The Kier molecular flexibility index (Phi) is 9.28. The van der Waals surface area contributed by atoms with E-state index < -0.39 is 13.9 Å². The Morgan fingerprint density at radius 2 is 1.81 bits per heavy atom. The van der Waals surface area contributed by atoms with Crippen molar-refractivity contribution in [3.63, 3.8) is 0 Å². The van der Waals surface area contributed by atoms with Crippen molar-refractivity contribution in [3.05, 3.63) is 22.5 Å². The predicted octanol–water partition coefficient (Wildman–Crippen LogP) is 7.34. The third kappa shape index (κ3) is 8.16. The zero-order valence-corrected chi connectivity index (χ0v) is 23.4. The maximum Gasteiger partial charge on any atom is 0.407 e. The Morgan fingerprint density at radius 1 is 1.19 bits per heavy atom. The fourth-order valence-electron chi connectivity index (χ4n) is 3.70. The highest BCUT2D eigenvalue weighted by Gasteiger charge is 2.41. The monoisotopic (exact) mass is 485 g/mol. The van der Waals surface area contributed by atoms with Gasteiger partial charge in [-0.1, -0.05) is 26.8 Å². The molecule has 4 nitrogen and oxygen atoms in total. The van der Waals surface area contributed by atoms with Gasteiger partial charge in [-0.15, -0.1) is 30.1 Å². The molecule has 1 amide bonds. The van der Waals surface area contributed by atoms with Crippen molar-refractivity contribution in [1.29, 1.82) is 0 Å². The average Bonchev–Trinajstić information content (AvgIpc) is 3.01. The van der Waals surface area contributed by atoms with Crippen LogP contribution in [0.15, 0.2) is 22.5 Å². The lowest BCUT2D eigenvalue weighted by molar-refractivity contribution is 0.0485. The quantitative estimate of drug-likeness (QED) is 0.315. The van der Waals surface area contributed by atoms with Gasteiger partial charge in [0.1, 0.15) is 5.60 Å². The minimum absolute atomic E-state index is 0.00448. The van der Waals surface area contributed by atoms with Crippen LogP contribution in [0.3, 0.4) is 0 Å². The van der Waals surface area contributed by atoms with Gasteiger partial charge < -0.3 is 14.5 Å². The van der Waals surface area contributed by atoms with Gasteiger partial charge in [0.25, 0.3) is 0 Å². The van der Waals surface area contributed by atoms with Gasteiger partial charge in [0.15, 0.2) is 8.32 Å². The third-order valence-corrected chi connectivity index (χ3v) is 13.6. The molecule has 0 radical (unpaired) electrons. The summed E-state index contributed by atoms with van der Waals surface area (Å²) in [6.07, 6.45) is 5.71. The molecule has 3 atom stereocenters. The second kappa shape index (κ2) is 10.7. The van der Waals surface area contributed by atoms with Crippen LogP contribution in [0.25, 0.3) is 0 Å². The lowest BCUT2D eigenvalue weighted by atomic mass is 9.96. The van der Waals surface area contributed by atoms with Crippen LogP contribution < -0.4 is 5.32 Å². The van der Waals surface area contributed by atoms with Crippen molar-refractivity contribution in [3.8, 4) is 0 Å². The summed E-state index contributed by atoms with van der Waals surface area (Å²) < 4.78 is 13.7. The molecule has 1 N–H and O–H groups in total. The molecule has 0 bridgehead atoms. The molecule has 178 valence electrons. The Morgan fingerprint density at radius 3 is 2.32 bits per heavy atom. The van der Waals surface area contributed by atoms with E-state index in [0.29, 0.717) is 5.92 Å². The molecule has 0 aromatic rings. The topological polar surface area (TPSA) is 47.6 Å². The molecule has 1 aliphatic carbocycles. The minimum Gasteiger partial charge on any atom is -0.444 e. The van der Waals surface area contributed by atoms with E-state index in [1.54, 1.807) is 0 Å². The van der Waals surface area contributed by atoms with E-state index in [0.717, 1.165) is 19.3 Å². The number of hydrogen-bond donors (Lipinski definition) is 1.